The summed E-state index contributed by atoms with van der Waals surface area (Å²) in [5, 5.41) is 0. The quantitative estimate of drug-likeness (QED) is 0.781. The summed E-state index contributed by atoms with van der Waals surface area (Å²) < 4.78 is 5.24. The molecule has 0 aliphatic carbocycles. The molecule has 2 fully saturated rings. The number of amides is 3. The highest BCUT2D eigenvalue weighted by Gasteiger charge is 2.47. The lowest BCUT2D eigenvalue weighted by atomic mass is 10.2. The molecule has 0 N–H and O–H groups in total. The molecule has 2 saturated heterocycles. The van der Waals surface area contributed by atoms with E-state index < -0.39 is 0 Å². The number of carbonyl (C=O) groups is 2. The van der Waals surface area contributed by atoms with Crippen molar-refractivity contribution in [1.29, 1.82) is 0 Å². The first-order valence-electron chi connectivity index (χ1n) is 6.73. The van der Waals surface area contributed by atoms with Crippen molar-refractivity contribution in [2.45, 2.75) is 32.4 Å². The summed E-state index contributed by atoms with van der Waals surface area (Å²) in [4.78, 5) is 31.6. The normalized spacial score (nSPS) is 21.6. The molecule has 3 amide bonds. The lowest BCUT2D eigenvalue weighted by Crippen LogP contribution is -2.32. The molecule has 20 heavy (non-hydrogen) atoms. The zero-order chi connectivity index (χ0) is 14.3. The first kappa shape index (κ1) is 12.9. The van der Waals surface area contributed by atoms with Crippen LogP contribution in [0.15, 0.2) is 12.3 Å². The number of rotatable bonds is 3. The number of aryl methyl sites for hydroxylation is 1. The topological polar surface area (TPSA) is 62.7 Å². The molecule has 1 unspecified atom stereocenters. The zero-order valence-corrected chi connectivity index (χ0v) is 11.6. The average Bonchev–Trinajstić information content (AvgIpc) is 3.01. The molecular weight excluding hydrogens is 258 g/mol. The van der Waals surface area contributed by atoms with E-state index >= 15 is 0 Å². The van der Waals surface area contributed by atoms with Crippen molar-refractivity contribution in [3.05, 3.63) is 23.5 Å². The van der Waals surface area contributed by atoms with Crippen LogP contribution in [0.3, 0.4) is 0 Å². The first-order chi connectivity index (χ1) is 9.61. The van der Waals surface area contributed by atoms with Crippen LogP contribution in [-0.4, -0.2) is 46.4 Å². The molecule has 2 aliphatic rings. The predicted octanol–water partition coefficient (Wildman–Crippen LogP) is 1.33. The summed E-state index contributed by atoms with van der Waals surface area (Å²) in [5.41, 5.74) is 1.59. The number of urea groups is 1. The van der Waals surface area contributed by atoms with Crippen LogP contribution in [0.2, 0.25) is 0 Å². The molecule has 1 aromatic heterocycles. The number of nitrogens with zero attached hydrogens (tertiary/aromatic N) is 3. The van der Waals surface area contributed by atoms with Gasteiger partial charge < -0.3 is 9.64 Å². The fourth-order valence-electron chi connectivity index (χ4n) is 2.84. The molecule has 6 heteroatoms. The third kappa shape index (κ3) is 1.92. The Labute approximate surface area is 117 Å². The average molecular weight is 275 g/mol. The van der Waals surface area contributed by atoms with Crippen LogP contribution in [0, 0.1) is 6.92 Å². The molecule has 0 aromatic carbocycles. The fraction of sp³-hybridized carbons (Fsp3) is 0.500. The summed E-state index contributed by atoms with van der Waals surface area (Å²) in [6.07, 6.45) is 3.37. The van der Waals surface area contributed by atoms with E-state index in [0.29, 0.717) is 12.2 Å². The number of aromatic nitrogens is 1. The fourth-order valence-corrected chi connectivity index (χ4v) is 2.84. The summed E-state index contributed by atoms with van der Waals surface area (Å²) in [6.45, 7) is 2.79. The lowest BCUT2D eigenvalue weighted by molar-refractivity contribution is -0.128. The minimum absolute atomic E-state index is 0.103. The molecule has 0 spiro atoms. The Kier molecular flexibility index (Phi) is 3.08. The molecular formula is C14H17N3O3. The molecule has 3 heterocycles. The van der Waals surface area contributed by atoms with Crippen molar-refractivity contribution in [1.82, 2.24) is 14.8 Å². The van der Waals surface area contributed by atoms with Gasteiger partial charge in [0.05, 0.1) is 19.3 Å². The Bertz CT molecular complexity index is 551. The smallest absolute Gasteiger partial charge is 0.327 e. The van der Waals surface area contributed by atoms with Gasteiger partial charge in [-0.15, -0.1) is 0 Å². The van der Waals surface area contributed by atoms with Crippen LogP contribution in [0.1, 0.15) is 24.1 Å². The Balaban J connectivity index is 1.81. The van der Waals surface area contributed by atoms with E-state index in [0.717, 1.165) is 24.2 Å². The summed E-state index contributed by atoms with van der Waals surface area (Å²) in [6, 6.07) is 1.33. The van der Waals surface area contributed by atoms with E-state index in [4.69, 9.17) is 4.74 Å². The SMILES string of the molecule is COc1cc(CN2C(=O)C3CCCN3C2=O)ncc1C. The molecule has 0 radical (unpaired) electrons. The van der Waals surface area contributed by atoms with Crippen molar-refractivity contribution in [2.24, 2.45) is 0 Å². The van der Waals surface area contributed by atoms with Crippen LogP contribution in [0.4, 0.5) is 4.79 Å². The lowest BCUT2D eigenvalue weighted by Gasteiger charge is -2.15. The first-order valence-corrected chi connectivity index (χ1v) is 6.73. The highest BCUT2D eigenvalue weighted by molar-refractivity contribution is 6.04. The maximum Gasteiger partial charge on any atom is 0.327 e. The minimum Gasteiger partial charge on any atom is -0.496 e. The van der Waals surface area contributed by atoms with Crippen LogP contribution in [-0.2, 0) is 11.3 Å². The number of fused-ring (bicyclic) bond motifs is 1. The third-order valence-electron chi connectivity index (χ3n) is 3.93. The second kappa shape index (κ2) is 4.77. The van der Waals surface area contributed by atoms with E-state index in [2.05, 4.69) is 4.98 Å². The highest BCUT2D eigenvalue weighted by atomic mass is 16.5. The number of hydrogen-bond acceptors (Lipinski definition) is 4. The molecule has 3 rings (SSSR count). The van der Waals surface area contributed by atoms with Gasteiger partial charge in [-0.1, -0.05) is 0 Å². The van der Waals surface area contributed by atoms with Crippen molar-refractivity contribution in [3.63, 3.8) is 0 Å². The van der Waals surface area contributed by atoms with Gasteiger partial charge in [-0.25, -0.2) is 4.79 Å². The summed E-state index contributed by atoms with van der Waals surface area (Å²) >= 11 is 0. The van der Waals surface area contributed by atoms with Gasteiger partial charge in [0.1, 0.15) is 11.8 Å². The van der Waals surface area contributed by atoms with Crippen LogP contribution in [0.5, 0.6) is 5.75 Å². The Hall–Kier alpha value is -2.11. The van der Waals surface area contributed by atoms with Crippen molar-refractivity contribution >= 4 is 11.9 Å². The highest BCUT2D eigenvalue weighted by Crippen LogP contribution is 2.28. The van der Waals surface area contributed by atoms with E-state index in [1.807, 2.05) is 6.92 Å². The van der Waals surface area contributed by atoms with Gasteiger partial charge in [-0.05, 0) is 19.8 Å². The van der Waals surface area contributed by atoms with Crippen LogP contribution >= 0.6 is 0 Å². The maximum absolute atomic E-state index is 12.2. The number of hydrogen-bond donors (Lipinski definition) is 0. The second-order valence-electron chi connectivity index (χ2n) is 5.20. The van der Waals surface area contributed by atoms with Crippen LogP contribution in [0.25, 0.3) is 0 Å². The number of methoxy groups -OCH3 is 1. The van der Waals surface area contributed by atoms with Gasteiger partial charge in [0.2, 0.25) is 0 Å². The predicted molar refractivity (Wildman–Crippen MR) is 71.2 cm³/mol. The largest absolute Gasteiger partial charge is 0.496 e. The number of pyridine rings is 1. The van der Waals surface area contributed by atoms with Gasteiger partial charge in [0.25, 0.3) is 5.91 Å². The molecule has 1 aromatic rings. The number of carbonyl (C=O) groups excluding carboxylic acids is 2. The zero-order valence-electron chi connectivity index (χ0n) is 11.6. The van der Waals surface area contributed by atoms with Gasteiger partial charge in [0.15, 0.2) is 0 Å². The monoisotopic (exact) mass is 275 g/mol. The second-order valence-corrected chi connectivity index (χ2v) is 5.20. The van der Waals surface area contributed by atoms with E-state index in [1.54, 1.807) is 24.3 Å². The van der Waals surface area contributed by atoms with Crippen molar-refractivity contribution in [3.8, 4) is 5.75 Å². The summed E-state index contributed by atoms with van der Waals surface area (Å²) in [5.74, 6) is 0.614. The standard InChI is InChI=1S/C14H17N3O3/c1-9-7-15-10(6-12(9)20-2)8-17-13(18)11-4-3-5-16(11)14(17)19/h6-7,11H,3-5,8H2,1-2H3. The Morgan fingerprint density at radius 2 is 2.25 bits per heavy atom. The number of ether oxygens (including phenoxy) is 1. The van der Waals surface area contributed by atoms with Gasteiger partial charge in [-0.2, -0.15) is 0 Å². The molecule has 1 atom stereocenters. The van der Waals surface area contributed by atoms with Crippen LogP contribution < -0.4 is 4.74 Å². The molecule has 0 saturated carbocycles. The molecule has 2 aliphatic heterocycles. The van der Waals surface area contributed by atoms with E-state index in [9.17, 15) is 9.59 Å². The van der Waals surface area contributed by atoms with Gasteiger partial charge in [0, 0.05) is 24.4 Å². The van der Waals surface area contributed by atoms with Gasteiger partial charge in [-0.3, -0.25) is 14.7 Å². The minimum atomic E-state index is -0.255. The van der Waals surface area contributed by atoms with E-state index in [1.165, 1.54) is 4.90 Å². The van der Waals surface area contributed by atoms with E-state index in [-0.39, 0.29) is 24.5 Å². The third-order valence-corrected chi connectivity index (χ3v) is 3.93. The molecule has 0 bridgehead atoms. The Morgan fingerprint density at radius 1 is 1.45 bits per heavy atom. The summed E-state index contributed by atoms with van der Waals surface area (Å²) in [7, 11) is 1.59. The van der Waals surface area contributed by atoms with Crippen molar-refractivity contribution in [2.75, 3.05) is 13.7 Å². The molecule has 6 nitrogen and oxygen atoms in total. The Morgan fingerprint density at radius 3 is 2.95 bits per heavy atom. The van der Waals surface area contributed by atoms with Crippen molar-refractivity contribution < 1.29 is 14.3 Å². The number of imide groups is 1. The maximum atomic E-state index is 12.2. The molecule has 106 valence electrons. The van der Waals surface area contributed by atoms with Gasteiger partial charge >= 0.3 is 6.03 Å².